The van der Waals surface area contributed by atoms with E-state index < -0.39 is 12.6 Å². The minimum absolute atomic E-state index is 0.115. The van der Waals surface area contributed by atoms with Crippen molar-refractivity contribution in [2.75, 3.05) is 13.6 Å². The Morgan fingerprint density at radius 1 is 0.912 bits per heavy atom. The van der Waals surface area contributed by atoms with Crippen LogP contribution in [-0.4, -0.2) is 36.6 Å². The number of amides is 2. The first-order valence-corrected chi connectivity index (χ1v) is 10.6. The maximum Gasteiger partial charge on any atom is 0.389 e. The van der Waals surface area contributed by atoms with Gasteiger partial charge in [0, 0.05) is 37.8 Å². The number of halogens is 3. The fourth-order valence-corrected chi connectivity index (χ4v) is 3.16. The minimum atomic E-state index is -4.20. The third-order valence-electron chi connectivity index (χ3n) is 4.94. The highest BCUT2D eigenvalue weighted by atomic mass is 19.4. The number of pyridine rings is 1. The van der Waals surface area contributed by atoms with Gasteiger partial charge in [0.2, 0.25) is 0 Å². The quantitative estimate of drug-likeness (QED) is 0.474. The summed E-state index contributed by atoms with van der Waals surface area (Å²) in [5.74, 6) is 0.434. The van der Waals surface area contributed by atoms with Crippen LogP contribution in [0.2, 0.25) is 0 Å². The van der Waals surface area contributed by atoms with Crippen LogP contribution >= 0.6 is 0 Å². The predicted molar refractivity (Wildman–Crippen MR) is 121 cm³/mol. The van der Waals surface area contributed by atoms with Gasteiger partial charge in [-0.25, -0.2) is 0 Å². The third-order valence-corrected chi connectivity index (χ3v) is 4.94. The molecule has 3 rings (SSSR count). The molecule has 2 N–H and O–H groups in total. The molecular formula is C25H24F3N3O3. The molecule has 0 aliphatic rings. The first-order chi connectivity index (χ1) is 16.2. The average Bonchev–Trinajstić information content (AvgIpc) is 2.82. The van der Waals surface area contributed by atoms with Crippen molar-refractivity contribution in [1.82, 2.24) is 15.6 Å². The fraction of sp³-hybridized carbons (Fsp3) is 0.240. The number of hydrogen-bond donors (Lipinski definition) is 2. The van der Waals surface area contributed by atoms with Gasteiger partial charge in [0.1, 0.15) is 17.2 Å². The summed E-state index contributed by atoms with van der Waals surface area (Å²) in [5, 5.41) is 5.31. The summed E-state index contributed by atoms with van der Waals surface area (Å²) >= 11 is 0. The van der Waals surface area contributed by atoms with Gasteiger partial charge in [-0.2, -0.15) is 13.2 Å². The summed E-state index contributed by atoms with van der Waals surface area (Å²) in [4.78, 5) is 28.1. The summed E-state index contributed by atoms with van der Waals surface area (Å²) in [5.41, 5.74) is 2.09. The molecule has 0 aliphatic carbocycles. The Bertz CT molecular complexity index is 1130. The Morgan fingerprint density at radius 3 is 2.35 bits per heavy atom. The van der Waals surface area contributed by atoms with Crippen molar-refractivity contribution >= 4 is 11.8 Å². The molecule has 178 valence electrons. The van der Waals surface area contributed by atoms with Crippen LogP contribution in [0.4, 0.5) is 13.2 Å². The van der Waals surface area contributed by atoms with Crippen molar-refractivity contribution < 1.29 is 27.5 Å². The molecule has 3 aromatic rings. The van der Waals surface area contributed by atoms with Crippen LogP contribution in [0.5, 0.6) is 11.5 Å². The van der Waals surface area contributed by atoms with Crippen molar-refractivity contribution in [3.63, 3.8) is 0 Å². The Labute approximate surface area is 195 Å². The normalized spacial score (nSPS) is 11.1. The number of carbonyl (C=O) groups is 2. The SMILES string of the molecule is CNC(=O)c1cc(Oc2cccc(CCNC(=O)c3ccc(CCC(F)(F)F)cc3)c2)ccn1. The third kappa shape index (κ3) is 7.61. The minimum Gasteiger partial charge on any atom is -0.457 e. The van der Waals surface area contributed by atoms with Crippen molar-refractivity contribution in [2.24, 2.45) is 0 Å². The number of rotatable bonds is 9. The molecule has 0 radical (unpaired) electrons. The summed E-state index contributed by atoms with van der Waals surface area (Å²) in [6, 6.07) is 16.7. The van der Waals surface area contributed by atoms with Crippen LogP contribution in [0.3, 0.4) is 0 Å². The molecule has 34 heavy (non-hydrogen) atoms. The second-order valence-electron chi connectivity index (χ2n) is 7.52. The average molecular weight is 471 g/mol. The monoisotopic (exact) mass is 471 g/mol. The lowest BCUT2D eigenvalue weighted by atomic mass is 10.1. The standard InChI is InChI=1S/C25H24F3N3O3/c1-29-24(33)22-16-21(11-14-30-22)34-20-4-2-3-18(15-20)10-13-31-23(32)19-7-5-17(6-8-19)9-12-25(26,27)28/h2-8,11,14-16H,9-10,12-13H2,1H3,(H,29,33)(H,31,32). The van der Waals surface area contributed by atoms with Gasteiger partial charge in [0.25, 0.3) is 11.8 Å². The van der Waals surface area contributed by atoms with E-state index in [1.165, 1.54) is 37.5 Å². The van der Waals surface area contributed by atoms with E-state index in [2.05, 4.69) is 15.6 Å². The lowest BCUT2D eigenvalue weighted by Crippen LogP contribution is -2.25. The molecule has 0 unspecified atom stereocenters. The Kier molecular flexibility index (Phi) is 8.24. The summed E-state index contributed by atoms with van der Waals surface area (Å²) in [7, 11) is 1.52. The number of hydrogen-bond acceptors (Lipinski definition) is 4. The van der Waals surface area contributed by atoms with Crippen molar-refractivity contribution in [2.45, 2.75) is 25.4 Å². The lowest BCUT2D eigenvalue weighted by molar-refractivity contribution is -0.134. The molecule has 0 bridgehead atoms. The van der Waals surface area contributed by atoms with Crippen LogP contribution in [0, 0.1) is 0 Å². The number of nitrogens with zero attached hydrogens (tertiary/aromatic N) is 1. The molecule has 0 atom stereocenters. The van der Waals surface area contributed by atoms with Gasteiger partial charge in [-0.15, -0.1) is 0 Å². The van der Waals surface area contributed by atoms with E-state index in [0.29, 0.717) is 35.6 Å². The van der Waals surface area contributed by atoms with Gasteiger partial charge >= 0.3 is 6.18 Å². The zero-order chi connectivity index (χ0) is 24.6. The van der Waals surface area contributed by atoms with E-state index in [4.69, 9.17) is 4.74 Å². The Balaban J connectivity index is 1.51. The topological polar surface area (TPSA) is 80.3 Å². The van der Waals surface area contributed by atoms with Crippen LogP contribution in [-0.2, 0) is 12.8 Å². The summed E-state index contributed by atoms with van der Waals surface area (Å²) < 4.78 is 42.8. The highest BCUT2D eigenvalue weighted by Crippen LogP contribution is 2.23. The number of alkyl halides is 3. The van der Waals surface area contributed by atoms with Crippen molar-refractivity contribution in [1.29, 1.82) is 0 Å². The smallest absolute Gasteiger partial charge is 0.389 e. The second kappa shape index (κ2) is 11.3. The summed E-state index contributed by atoms with van der Waals surface area (Å²) in [6.07, 6.45) is -3.17. The first kappa shape index (κ1) is 24.8. The molecule has 0 saturated heterocycles. The van der Waals surface area contributed by atoms with Gasteiger partial charge < -0.3 is 15.4 Å². The van der Waals surface area contributed by atoms with Crippen LogP contribution in [0.15, 0.2) is 66.9 Å². The van der Waals surface area contributed by atoms with Gasteiger partial charge in [-0.05, 0) is 54.3 Å². The van der Waals surface area contributed by atoms with Crippen molar-refractivity contribution in [3.05, 3.63) is 89.2 Å². The van der Waals surface area contributed by atoms with Gasteiger partial charge in [-0.1, -0.05) is 24.3 Å². The van der Waals surface area contributed by atoms with E-state index in [-0.39, 0.29) is 23.9 Å². The maximum atomic E-state index is 12.3. The molecular weight excluding hydrogens is 447 g/mol. The zero-order valence-electron chi connectivity index (χ0n) is 18.5. The number of aromatic nitrogens is 1. The number of benzene rings is 2. The largest absolute Gasteiger partial charge is 0.457 e. The Morgan fingerprint density at radius 2 is 1.65 bits per heavy atom. The molecule has 2 amide bonds. The number of carbonyl (C=O) groups excluding carboxylic acids is 2. The lowest BCUT2D eigenvalue weighted by Gasteiger charge is -2.10. The number of nitrogens with one attached hydrogen (secondary N) is 2. The molecule has 9 heteroatoms. The number of aryl methyl sites for hydroxylation is 1. The molecule has 0 aliphatic heterocycles. The maximum absolute atomic E-state index is 12.3. The highest BCUT2D eigenvalue weighted by molar-refractivity contribution is 5.94. The van der Waals surface area contributed by atoms with E-state index in [0.717, 1.165) is 5.56 Å². The van der Waals surface area contributed by atoms with Crippen molar-refractivity contribution in [3.8, 4) is 11.5 Å². The molecule has 1 aromatic heterocycles. The van der Waals surface area contributed by atoms with Gasteiger partial charge in [0.15, 0.2) is 0 Å². The van der Waals surface area contributed by atoms with Crippen LogP contribution in [0.1, 0.15) is 38.4 Å². The molecule has 2 aromatic carbocycles. The predicted octanol–water partition coefficient (Wildman–Crippen LogP) is 4.70. The number of ether oxygens (including phenoxy) is 1. The molecule has 0 saturated carbocycles. The fourth-order valence-electron chi connectivity index (χ4n) is 3.16. The molecule has 1 heterocycles. The van der Waals surface area contributed by atoms with E-state index in [9.17, 15) is 22.8 Å². The first-order valence-electron chi connectivity index (χ1n) is 10.6. The second-order valence-corrected chi connectivity index (χ2v) is 7.52. The molecule has 6 nitrogen and oxygen atoms in total. The molecule has 0 spiro atoms. The van der Waals surface area contributed by atoms with Gasteiger partial charge in [0.05, 0.1) is 0 Å². The van der Waals surface area contributed by atoms with E-state index >= 15 is 0 Å². The van der Waals surface area contributed by atoms with Crippen LogP contribution in [0.25, 0.3) is 0 Å². The highest BCUT2D eigenvalue weighted by Gasteiger charge is 2.26. The molecule has 0 fully saturated rings. The zero-order valence-corrected chi connectivity index (χ0v) is 18.5. The van der Waals surface area contributed by atoms with Gasteiger partial charge in [-0.3, -0.25) is 14.6 Å². The summed E-state index contributed by atoms with van der Waals surface area (Å²) in [6.45, 7) is 0.369. The van der Waals surface area contributed by atoms with E-state index in [1.54, 1.807) is 18.2 Å². The van der Waals surface area contributed by atoms with E-state index in [1.807, 2.05) is 18.2 Å². The van der Waals surface area contributed by atoms with Crippen LogP contribution < -0.4 is 15.4 Å². The Hall–Kier alpha value is -3.88.